The van der Waals surface area contributed by atoms with Crippen LogP contribution < -0.4 is 10.6 Å². The normalized spacial score (nSPS) is 14.3. The van der Waals surface area contributed by atoms with Crippen LogP contribution in [0.3, 0.4) is 0 Å². The first-order valence-electron chi connectivity index (χ1n) is 10.0. The number of amides is 1. The molecule has 0 bridgehead atoms. The maximum absolute atomic E-state index is 12.8. The van der Waals surface area contributed by atoms with Crippen LogP contribution >= 0.6 is 22.7 Å². The van der Waals surface area contributed by atoms with E-state index in [1.807, 2.05) is 37.4 Å². The van der Waals surface area contributed by atoms with Crippen molar-refractivity contribution in [3.05, 3.63) is 75.9 Å². The molecule has 1 fully saturated rings. The molecule has 1 aromatic carbocycles. The summed E-state index contributed by atoms with van der Waals surface area (Å²) in [5.41, 5.74) is 3.38. The minimum Gasteiger partial charge on any atom is -0.342 e. The molecule has 0 atom stereocenters. The second kappa shape index (κ2) is 7.86. The number of hydrogen-bond donors (Lipinski definition) is 2. The molecule has 0 unspecified atom stereocenters. The summed E-state index contributed by atoms with van der Waals surface area (Å²) >= 11 is 3.16. The molecule has 6 nitrogen and oxygen atoms in total. The summed E-state index contributed by atoms with van der Waals surface area (Å²) in [4.78, 5) is 27.4. The van der Waals surface area contributed by atoms with Gasteiger partial charge in [0.25, 0.3) is 5.91 Å². The summed E-state index contributed by atoms with van der Waals surface area (Å²) in [6, 6.07) is 13.7. The van der Waals surface area contributed by atoms with E-state index in [9.17, 15) is 4.79 Å². The Morgan fingerprint density at radius 3 is 2.52 bits per heavy atom. The van der Waals surface area contributed by atoms with Gasteiger partial charge in [-0.25, -0.2) is 15.0 Å². The molecule has 5 rings (SSSR count). The molecule has 1 saturated carbocycles. The summed E-state index contributed by atoms with van der Waals surface area (Å²) in [5, 5.41) is 10.2. The Morgan fingerprint density at radius 1 is 1.06 bits per heavy atom. The van der Waals surface area contributed by atoms with Gasteiger partial charge in [-0.1, -0.05) is 30.3 Å². The molecule has 4 aromatic rings. The number of aromatic nitrogens is 3. The van der Waals surface area contributed by atoms with Crippen LogP contribution in [0.4, 0.5) is 10.9 Å². The standard InChI is InChI=1S/C23H21N5OS2/c1-14-20(31-15(2)25-14)18-13-30-22(26-18)27-19-9-8-16(12-24-19)21(29)28-23(10-11-23)17-6-4-3-5-7-17/h3-9,12-13H,10-11H2,1-2H3,(H,28,29)(H,24,26,27). The molecule has 2 N–H and O–H groups in total. The minimum atomic E-state index is -0.236. The van der Waals surface area contributed by atoms with Gasteiger partial charge < -0.3 is 10.6 Å². The minimum absolute atomic E-state index is 0.104. The van der Waals surface area contributed by atoms with E-state index in [4.69, 9.17) is 0 Å². The van der Waals surface area contributed by atoms with Crippen LogP contribution in [0.5, 0.6) is 0 Å². The maximum Gasteiger partial charge on any atom is 0.253 e. The van der Waals surface area contributed by atoms with Gasteiger partial charge in [0.15, 0.2) is 5.13 Å². The molecule has 0 saturated heterocycles. The van der Waals surface area contributed by atoms with Crippen molar-refractivity contribution >= 4 is 39.5 Å². The van der Waals surface area contributed by atoms with E-state index in [1.165, 1.54) is 11.3 Å². The first-order chi connectivity index (χ1) is 15.0. The smallest absolute Gasteiger partial charge is 0.253 e. The highest BCUT2D eigenvalue weighted by Crippen LogP contribution is 2.45. The fourth-order valence-corrected chi connectivity index (χ4v) is 5.24. The van der Waals surface area contributed by atoms with E-state index in [0.29, 0.717) is 11.4 Å². The summed E-state index contributed by atoms with van der Waals surface area (Å²) in [6.07, 6.45) is 3.52. The number of carbonyl (C=O) groups excluding carboxylic acids is 1. The van der Waals surface area contributed by atoms with Gasteiger partial charge in [0, 0.05) is 11.6 Å². The van der Waals surface area contributed by atoms with Crippen molar-refractivity contribution in [1.29, 1.82) is 0 Å². The van der Waals surface area contributed by atoms with Gasteiger partial charge in [-0.2, -0.15) is 0 Å². The molecule has 156 valence electrons. The number of rotatable bonds is 6. The van der Waals surface area contributed by atoms with Gasteiger partial charge in [-0.15, -0.1) is 22.7 Å². The highest BCUT2D eigenvalue weighted by molar-refractivity contribution is 7.16. The van der Waals surface area contributed by atoms with Crippen molar-refractivity contribution in [3.63, 3.8) is 0 Å². The monoisotopic (exact) mass is 447 g/mol. The molecule has 31 heavy (non-hydrogen) atoms. The van der Waals surface area contributed by atoms with Crippen LogP contribution in [-0.2, 0) is 5.54 Å². The van der Waals surface area contributed by atoms with E-state index >= 15 is 0 Å². The van der Waals surface area contributed by atoms with Crippen LogP contribution in [0.15, 0.2) is 54.0 Å². The highest BCUT2D eigenvalue weighted by Gasteiger charge is 2.45. The third-order valence-electron chi connectivity index (χ3n) is 5.33. The third-order valence-corrected chi connectivity index (χ3v) is 7.18. The summed E-state index contributed by atoms with van der Waals surface area (Å²) in [6.45, 7) is 4.00. The number of thiazole rings is 2. The Labute approximate surface area is 188 Å². The highest BCUT2D eigenvalue weighted by atomic mass is 32.1. The Balaban J connectivity index is 1.26. The Hall–Kier alpha value is -3.10. The molecule has 0 radical (unpaired) electrons. The van der Waals surface area contributed by atoms with Gasteiger partial charge in [-0.05, 0) is 44.4 Å². The number of pyridine rings is 1. The molecule has 3 heterocycles. The van der Waals surface area contributed by atoms with E-state index in [-0.39, 0.29) is 11.4 Å². The first-order valence-corrected chi connectivity index (χ1v) is 11.7. The molecule has 1 aliphatic rings. The van der Waals surface area contributed by atoms with Crippen molar-refractivity contribution in [3.8, 4) is 10.6 Å². The third kappa shape index (κ3) is 4.08. The number of anilines is 2. The first kappa shape index (κ1) is 19.8. The van der Waals surface area contributed by atoms with Crippen molar-refractivity contribution < 1.29 is 4.79 Å². The Morgan fingerprint density at radius 2 is 1.87 bits per heavy atom. The molecule has 0 spiro atoms. The Kier molecular flexibility index (Phi) is 5.03. The van der Waals surface area contributed by atoms with Crippen LogP contribution in [0.2, 0.25) is 0 Å². The SMILES string of the molecule is Cc1nc(C)c(-c2csc(Nc3ccc(C(=O)NC4(c5ccccc5)CC4)cn3)n2)s1. The molecule has 1 aliphatic carbocycles. The summed E-state index contributed by atoms with van der Waals surface area (Å²) in [5.74, 6) is 0.548. The second-order valence-electron chi connectivity index (χ2n) is 7.64. The largest absolute Gasteiger partial charge is 0.342 e. The average Bonchev–Trinajstić information content (AvgIpc) is 3.27. The lowest BCUT2D eigenvalue weighted by molar-refractivity contribution is 0.0930. The summed E-state index contributed by atoms with van der Waals surface area (Å²) < 4.78 is 0. The number of hydrogen-bond acceptors (Lipinski definition) is 7. The quantitative estimate of drug-likeness (QED) is 0.411. The molecule has 0 aliphatic heterocycles. The zero-order chi connectivity index (χ0) is 21.4. The van der Waals surface area contributed by atoms with Gasteiger partial charge in [0.05, 0.1) is 32.4 Å². The van der Waals surface area contributed by atoms with Crippen molar-refractivity contribution in [2.45, 2.75) is 32.2 Å². The van der Waals surface area contributed by atoms with E-state index in [1.54, 1.807) is 29.7 Å². The fourth-order valence-electron chi connectivity index (χ4n) is 3.57. The summed E-state index contributed by atoms with van der Waals surface area (Å²) in [7, 11) is 0. The second-order valence-corrected chi connectivity index (χ2v) is 9.71. The zero-order valence-corrected chi connectivity index (χ0v) is 18.8. The number of nitrogens with zero attached hydrogens (tertiary/aromatic N) is 3. The van der Waals surface area contributed by atoms with Gasteiger partial charge in [-0.3, -0.25) is 4.79 Å². The van der Waals surface area contributed by atoms with Crippen molar-refractivity contribution in [2.75, 3.05) is 5.32 Å². The predicted octanol–water partition coefficient (Wildman–Crippen LogP) is 5.44. The van der Waals surface area contributed by atoms with Gasteiger partial charge in [0.1, 0.15) is 5.82 Å². The predicted molar refractivity (Wildman–Crippen MR) is 125 cm³/mol. The van der Waals surface area contributed by atoms with Gasteiger partial charge >= 0.3 is 0 Å². The molecule has 3 aromatic heterocycles. The Bertz CT molecular complexity index is 1230. The lowest BCUT2D eigenvalue weighted by Gasteiger charge is -2.18. The van der Waals surface area contributed by atoms with E-state index < -0.39 is 0 Å². The zero-order valence-electron chi connectivity index (χ0n) is 17.2. The van der Waals surface area contributed by atoms with E-state index in [0.717, 1.165) is 44.8 Å². The van der Waals surface area contributed by atoms with Crippen LogP contribution in [0.25, 0.3) is 10.6 Å². The molecule has 8 heteroatoms. The van der Waals surface area contributed by atoms with Crippen LogP contribution in [0, 0.1) is 13.8 Å². The number of carbonyl (C=O) groups is 1. The lowest BCUT2D eigenvalue weighted by atomic mass is 10.0. The maximum atomic E-state index is 12.8. The van der Waals surface area contributed by atoms with Crippen molar-refractivity contribution in [1.82, 2.24) is 20.3 Å². The van der Waals surface area contributed by atoms with Crippen LogP contribution in [-0.4, -0.2) is 20.9 Å². The van der Waals surface area contributed by atoms with Gasteiger partial charge in [0.2, 0.25) is 0 Å². The number of nitrogens with one attached hydrogen (secondary N) is 2. The molecule has 1 amide bonds. The number of benzene rings is 1. The number of aryl methyl sites for hydroxylation is 2. The lowest BCUT2D eigenvalue weighted by Crippen LogP contribution is -2.34. The fraction of sp³-hybridized carbons (Fsp3) is 0.217. The molecular formula is C23H21N5OS2. The van der Waals surface area contributed by atoms with E-state index in [2.05, 4.69) is 37.7 Å². The molecular weight excluding hydrogens is 426 g/mol. The van der Waals surface area contributed by atoms with Crippen molar-refractivity contribution in [2.24, 2.45) is 0 Å². The topological polar surface area (TPSA) is 79.8 Å². The average molecular weight is 448 g/mol. The van der Waals surface area contributed by atoms with Crippen LogP contribution in [0.1, 0.15) is 39.5 Å².